The van der Waals surface area contributed by atoms with E-state index in [1.165, 1.54) is 0 Å². The molecule has 1 N–H and O–H groups in total. The van der Waals surface area contributed by atoms with Gasteiger partial charge < -0.3 is 5.32 Å². The van der Waals surface area contributed by atoms with Gasteiger partial charge in [-0.1, -0.05) is 30.9 Å². The predicted molar refractivity (Wildman–Crippen MR) is 44.4 cm³/mol. The molecule has 0 heterocycles. The summed E-state index contributed by atoms with van der Waals surface area (Å²) in [5, 5.41) is 3.04. The molecule has 0 aromatic carbocycles. The SMILES string of the molecule is CCNC(=S)SCC.[Mn]. The second kappa shape index (κ2) is 8.76. The van der Waals surface area contributed by atoms with Crippen molar-refractivity contribution in [3.63, 3.8) is 0 Å². The zero-order valence-electron chi connectivity index (χ0n) is 5.61. The average molecular weight is 204 g/mol. The molecule has 9 heavy (non-hydrogen) atoms. The van der Waals surface area contributed by atoms with E-state index >= 15 is 0 Å². The molecule has 0 unspecified atom stereocenters. The summed E-state index contributed by atoms with van der Waals surface area (Å²) in [5.74, 6) is 1.06. The monoisotopic (exact) mass is 204 g/mol. The van der Waals surface area contributed by atoms with Gasteiger partial charge in [0.1, 0.15) is 4.32 Å². The van der Waals surface area contributed by atoms with Crippen LogP contribution in [0.5, 0.6) is 0 Å². The third kappa shape index (κ3) is 8.76. The normalized spacial score (nSPS) is 7.78. The minimum atomic E-state index is 0. The Morgan fingerprint density at radius 2 is 2.11 bits per heavy atom. The molecule has 0 bridgehead atoms. The number of nitrogens with one attached hydrogen (secondary N) is 1. The molecule has 0 fully saturated rings. The minimum Gasteiger partial charge on any atom is -0.371 e. The summed E-state index contributed by atoms with van der Waals surface area (Å²) in [6, 6.07) is 0. The van der Waals surface area contributed by atoms with Gasteiger partial charge in [0.2, 0.25) is 0 Å². The van der Waals surface area contributed by atoms with Crippen LogP contribution >= 0.6 is 24.0 Å². The number of hydrogen-bond acceptors (Lipinski definition) is 2. The molecule has 1 radical (unpaired) electrons. The van der Waals surface area contributed by atoms with Crippen LogP contribution in [0.3, 0.4) is 0 Å². The fraction of sp³-hybridized carbons (Fsp3) is 0.800. The molecule has 0 aromatic rings. The van der Waals surface area contributed by atoms with Crippen LogP contribution in [0, 0.1) is 0 Å². The summed E-state index contributed by atoms with van der Waals surface area (Å²) in [7, 11) is 0. The molecule has 0 aliphatic rings. The smallest absolute Gasteiger partial charge is 0.133 e. The van der Waals surface area contributed by atoms with Crippen LogP contribution < -0.4 is 5.32 Å². The summed E-state index contributed by atoms with van der Waals surface area (Å²) in [4.78, 5) is 0. The predicted octanol–water partition coefficient (Wildman–Crippen LogP) is 1.63. The van der Waals surface area contributed by atoms with Gasteiger partial charge >= 0.3 is 0 Å². The third-order valence-corrected chi connectivity index (χ3v) is 1.79. The van der Waals surface area contributed by atoms with Crippen LogP contribution in [-0.2, 0) is 17.1 Å². The van der Waals surface area contributed by atoms with Crippen molar-refractivity contribution in [2.24, 2.45) is 0 Å². The van der Waals surface area contributed by atoms with E-state index in [1.54, 1.807) is 11.8 Å². The second-order valence-corrected chi connectivity index (χ2v) is 3.19. The number of thioether (sulfide) groups is 1. The molecule has 0 saturated carbocycles. The van der Waals surface area contributed by atoms with Crippen LogP contribution in [-0.4, -0.2) is 16.6 Å². The fourth-order valence-electron chi connectivity index (χ4n) is 0.326. The molecule has 1 nitrogen and oxygen atoms in total. The van der Waals surface area contributed by atoms with E-state index in [0.29, 0.717) is 0 Å². The number of rotatable bonds is 2. The Kier molecular flexibility index (Phi) is 12.1. The van der Waals surface area contributed by atoms with Crippen molar-refractivity contribution in [3.05, 3.63) is 0 Å². The van der Waals surface area contributed by atoms with Crippen molar-refractivity contribution in [2.75, 3.05) is 12.3 Å². The van der Waals surface area contributed by atoms with E-state index in [0.717, 1.165) is 16.6 Å². The first-order valence-electron chi connectivity index (χ1n) is 2.71. The van der Waals surface area contributed by atoms with Crippen LogP contribution in [0.4, 0.5) is 0 Å². The van der Waals surface area contributed by atoms with Gasteiger partial charge in [0, 0.05) is 23.6 Å². The molecule has 4 heteroatoms. The zero-order valence-corrected chi connectivity index (χ0v) is 8.42. The Balaban J connectivity index is 0. The average Bonchev–Trinajstić information content (AvgIpc) is 1.68. The number of hydrogen-bond donors (Lipinski definition) is 1. The zero-order chi connectivity index (χ0) is 6.41. The van der Waals surface area contributed by atoms with Gasteiger partial charge in [0.05, 0.1) is 0 Å². The Bertz CT molecular complexity index is 69.4. The maximum Gasteiger partial charge on any atom is 0.133 e. The van der Waals surface area contributed by atoms with Crippen molar-refractivity contribution >= 4 is 28.3 Å². The Hall–Kier alpha value is 0.759. The van der Waals surface area contributed by atoms with Crippen LogP contribution in [0.1, 0.15) is 13.8 Å². The van der Waals surface area contributed by atoms with E-state index in [9.17, 15) is 0 Å². The molecule has 0 amide bonds. The first-order valence-corrected chi connectivity index (χ1v) is 4.11. The Labute approximate surface area is 76.8 Å². The molecular weight excluding hydrogens is 193 g/mol. The van der Waals surface area contributed by atoms with Gasteiger partial charge in [-0.15, -0.1) is 0 Å². The summed E-state index contributed by atoms with van der Waals surface area (Å²) in [5.41, 5.74) is 0. The minimum absolute atomic E-state index is 0. The Morgan fingerprint density at radius 1 is 1.56 bits per heavy atom. The first kappa shape index (κ1) is 12.4. The number of thiocarbonyl (C=S) groups is 1. The van der Waals surface area contributed by atoms with Crippen LogP contribution in [0.2, 0.25) is 0 Å². The van der Waals surface area contributed by atoms with Gasteiger partial charge in [0.15, 0.2) is 0 Å². The largest absolute Gasteiger partial charge is 0.371 e. The van der Waals surface area contributed by atoms with Crippen molar-refractivity contribution in [1.82, 2.24) is 5.32 Å². The van der Waals surface area contributed by atoms with Crippen LogP contribution in [0.15, 0.2) is 0 Å². The van der Waals surface area contributed by atoms with E-state index in [2.05, 4.69) is 12.2 Å². The van der Waals surface area contributed by atoms with Crippen molar-refractivity contribution in [3.8, 4) is 0 Å². The quantitative estimate of drug-likeness (QED) is 0.542. The Morgan fingerprint density at radius 3 is 2.44 bits per heavy atom. The maximum atomic E-state index is 4.90. The van der Waals surface area contributed by atoms with Crippen LogP contribution in [0.25, 0.3) is 0 Å². The molecule has 0 saturated heterocycles. The summed E-state index contributed by atoms with van der Waals surface area (Å²) in [6.45, 7) is 5.07. The van der Waals surface area contributed by atoms with Crippen molar-refractivity contribution in [1.29, 1.82) is 0 Å². The topological polar surface area (TPSA) is 12.0 Å². The van der Waals surface area contributed by atoms with E-state index < -0.39 is 0 Å². The summed E-state index contributed by atoms with van der Waals surface area (Å²) < 4.78 is 0.912. The molecule has 0 aliphatic heterocycles. The van der Waals surface area contributed by atoms with Gasteiger partial charge in [-0.05, 0) is 12.7 Å². The fourth-order valence-corrected chi connectivity index (χ4v) is 1.33. The molecule has 0 spiro atoms. The van der Waals surface area contributed by atoms with Gasteiger partial charge in [-0.3, -0.25) is 0 Å². The van der Waals surface area contributed by atoms with E-state index in [4.69, 9.17) is 12.2 Å². The first-order chi connectivity index (χ1) is 3.81. The van der Waals surface area contributed by atoms with Gasteiger partial charge in [0.25, 0.3) is 0 Å². The summed E-state index contributed by atoms with van der Waals surface area (Å²) >= 11 is 6.58. The second-order valence-electron chi connectivity index (χ2n) is 1.25. The maximum absolute atomic E-state index is 4.90. The molecule has 0 aliphatic carbocycles. The molecule has 0 rings (SSSR count). The van der Waals surface area contributed by atoms with Crippen molar-refractivity contribution < 1.29 is 17.1 Å². The standard InChI is InChI=1S/C5H11NS2.Mn/c1-3-6-5(7)8-4-2;/h3-4H2,1-2H3,(H,6,7);. The molecule has 0 atom stereocenters. The molecule has 0 aromatic heterocycles. The van der Waals surface area contributed by atoms with Gasteiger partial charge in [-0.25, -0.2) is 0 Å². The third-order valence-electron chi connectivity index (χ3n) is 0.597. The summed E-state index contributed by atoms with van der Waals surface area (Å²) in [6.07, 6.45) is 0. The molecule has 55 valence electrons. The van der Waals surface area contributed by atoms with Crippen molar-refractivity contribution in [2.45, 2.75) is 13.8 Å². The van der Waals surface area contributed by atoms with Gasteiger partial charge in [-0.2, -0.15) is 0 Å². The molecular formula is C5H11MnNS2. The van der Waals surface area contributed by atoms with E-state index in [1.807, 2.05) is 6.92 Å². The van der Waals surface area contributed by atoms with E-state index in [-0.39, 0.29) is 17.1 Å².